The van der Waals surface area contributed by atoms with Crippen LogP contribution in [0.5, 0.6) is 11.5 Å². The van der Waals surface area contributed by atoms with Crippen LogP contribution in [0.25, 0.3) is 0 Å². The number of fused-ring (bicyclic) bond motifs is 1. The van der Waals surface area contributed by atoms with Crippen LogP contribution in [0, 0.1) is 0 Å². The monoisotopic (exact) mass is 441 g/mol. The second kappa shape index (κ2) is 10.7. The van der Waals surface area contributed by atoms with Crippen molar-refractivity contribution in [3.8, 4) is 11.5 Å². The second-order valence-corrected chi connectivity index (χ2v) is 8.42. The number of nitrogens with zero attached hydrogens (tertiary/aromatic N) is 5. The molecule has 2 N–H and O–H groups in total. The van der Waals surface area contributed by atoms with Gasteiger partial charge in [-0.05, 0) is 43.9 Å². The van der Waals surface area contributed by atoms with E-state index in [4.69, 9.17) is 14.5 Å². The van der Waals surface area contributed by atoms with E-state index in [0.29, 0.717) is 12.6 Å². The summed E-state index contributed by atoms with van der Waals surface area (Å²) in [5.74, 6) is 4.54. The van der Waals surface area contributed by atoms with Gasteiger partial charge in [0.2, 0.25) is 0 Å². The molecule has 0 saturated carbocycles. The number of methoxy groups -OCH3 is 2. The van der Waals surface area contributed by atoms with Crippen molar-refractivity contribution in [1.29, 1.82) is 0 Å². The minimum atomic E-state index is 0.354. The summed E-state index contributed by atoms with van der Waals surface area (Å²) in [6.45, 7) is 7.33. The Morgan fingerprint density at radius 3 is 2.69 bits per heavy atom. The summed E-state index contributed by atoms with van der Waals surface area (Å²) >= 11 is 0. The minimum Gasteiger partial charge on any atom is -0.497 e. The molecular weight excluding hydrogens is 406 g/mol. The number of hydrogen-bond acceptors (Lipinski definition) is 6. The van der Waals surface area contributed by atoms with Crippen LogP contribution in [0.3, 0.4) is 0 Å². The predicted octanol–water partition coefficient (Wildman–Crippen LogP) is 1.96. The van der Waals surface area contributed by atoms with Crippen LogP contribution in [0.1, 0.15) is 43.4 Å². The molecule has 2 aromatic rings. The van der Waals surface area contributed by atoms with E-state index in [2.05, 4.69) is 49.4 Å². The van der Waals surface area contributed by atoms with Gasteiger partial charge in [0.25, 0.3) is 0 Å². The standard InChI is InChI=1S/C23H35N7O2/c1-4-24-23(25-14-22-28-27-21-7-5-6-9-30(21)22)26-18-8-10-29(16-18)15-17-11-19(31-2)13-20(12-17)32-3/h11-13,18H,4-10,14-16H2,1-3H3,(H2,24,25,26). The van der Waals surface area contributed by atoms with E-state index < -0.39 is 0 Å². The molecule has 1 aromatic heterocycles. The molecule has 0 spiro atoms. The first-order chi connectivity index (χ1) is 15.7. The van der Waals surface area contributed by atoms with Crippen LogP contribution in [0.4, 0.5) is 0 Å². The molecule has 9 heteroatoms. The first-order valence-electron chi connectivity index (χ1n) is 11.6. The second-order valence-electron chi connectivity index (χ2n) is 8.42. The van der Waals surface area contributed by atoms with Crippen LogP contribution in [-0.2, 0) is 26.1 Å². The van der Waals surface area contributed by atoms with Gasteiger partial charge < -0.3 is 24.7 Å². The molecule has 1 atom stereocenters. The number of aromatic nitrogens is 3. The van der Waals surface area contributed by atoms with Gasteiger partial charge in [-0.3, -0.25) is 4.90 Å². The molecule has 32 heavy (non-hydrogen) atoms. The number of rotatable bonds is 8. The fraction of sp³-hybridized carbons (Fsp3) is 0.609. The van der Waals surface area contributed by atoms with E-state index in [1.165, 1.54) is 18.4 Å². The van der Waals surface area contributed by atoms with Crippen molar-refractivity contribution in [2.75, 3.05) is 33.9 Å². The highest BCUT2D eigenvalue weighted by Crippen LogP contribution is 2.24. The highest BCUT2D eigenvalue weighted by Gasteiger charge is 2.24. The zero-order chi connectivity index (χ0) is 22.3. The first-order valence-corrected chi connectivity index (χ1v) is 11.6. The summed E-state index contributed by atoms with van der Waals surface area (Å²) in [5.41, 5.74) is 1.19. The van der Waals surface area contributed by atoms with Gasteiger partial charge in [-0.15, -0.1) is 10.2 Å². The lowest BCUT2D eigenvalue weighted by Gasteiger charge is -2.19. The third-order valence-corrected chi connectivity index (χ3v) is 6.09. The highest BCUT2D eigenvalue weighted by atomic mass is 16.5. The first kappa shape index (κ1) is 22.4. The molecule has 0 aliphatic carbocycles. The SMILES string of the molecule is CCNC(=NCc1nnc2n1CCCC2)NC1CCN(Cc2cc(OC)cc(OC)c2)C1. The summed E-state index contributed by atoms with van der Waals surface area (Å²) in [5, 5.41) is 15.7. The van der Waals surface area contributed by atoms with Crippen molar-refractivity contribution in [2.24, 2.45) is 4.99 Å². The average Bonchev–Trinajstić information content (AvgIpc) is 3.44. The number of ether oxygens (including phenoxy) is 2. The third-order valence-electron chi connectivity index (χ3n) is 6.09. The smallest absolute Gasteiger partial charge is 0.191 e. The minimum absolute atomic E-state index is 0.354. The van der Waals surface area contributed by atoms with Crippen LogP contribution < -0.4 is 20.1 Å². The van der Waals surface area contributed by atoms with Gasteiger partial charge in [-0.25, -0.2) is 4.99 Å². The molecule has 9 nitrogen and oxygen atoms in total. The Morgan fingerprint density at radius 1 is 1.12 bits per heavy atom. The van der Waals surface area contributed by atoms with Crippen molar-refractivity contribution in [1.82, 2.24) is 30.3 Å². The van der Waals surface area contributed by atoms with Gasteiger partial charge in [-0.2, -0.15) is 0 Å². The molecule has 1 fully saturated rings. The molecular formula is C23H35N7O2. The Morgan fingerprint density at radius 2 is 1.94 bits per heavy atom. The Hall–Kier alpha value is -2.81. The normalized spacial score (nSPS) is 19.0. The molecule has 1 saturated heterocycles. The Bertz CT molecular complexity index is 905. The Kier molecular flexibility index (Phi) is 7.47. The predicted molar refractivity (Wildman–Crippen MR) is 124 cm³/mol. The van der Waals surface area contributed by atoms with Crippen molar-refractivity contribution >= 4 is 5.96 Å². The molecule has 1 unspecified atom stereocenters. The van der Waals surface area contributed by atoms with Gasteiger partial charge in [0.15, 0.2) is 11.8 Å². The van der Waals surface area contributed by atoms with Crippen molar-refractivity contribution in [3.63, 3.8) is 0 Å². The molecule has 1 aromatic carbocycles. The van der Waals surface area contributed by atoms with Gasteiger partial charge in [0.1, 0.15) is 23.9 Å². The van der Waals surface area contributed by atoms with Gasteiger partial charge >= 0.3 is 0 Å². The van der Waals surface area contributed by atoms with E-state index in [1.54, 1.807) is 14.2 Å². The topological polar surface area (TPSA) is 88.8 Å². The lowest BCUT2D eigenvalue weighted by molar-refractivity contribution is 0.321. The van der Waals surface area contributed by atoms with Gasteiger partial charge in [0.05, 0.1) is 14.2 Å². The van der Waals surface area contributed by atoms with E-state index in [9.17, 15) is 0 Å². The van der Waals surface area contributed by atoms with Crippen molar-refractivity contribution in [2.45, 2.75) is 58.3 Å². The number of hydrogen-bond donors (Lipinski definition) is 2. The molecule has 0 bridgehead atoms. The number of guanidine groups is 1. The summed E-state index contributed by atoms with van der Waals surface area (Å²) in [4.78, 5) is 7.25. The molecule has 3 heterocycles. The number of nitrogens with one attached hydrogen (secondary N) is 2. The molecule has 2 aliphatic heterocycles. The molecule has 4 rings (SSSR count). The molecule has 0 amide bonds. The van der Waals surface area contributed by atoms with Gasteiger partial charge in [0, 0.05) is 51.3 Å². The highest BCUT2D eigenvalue weighted by molar-refractivity contribution is 5.80. The molecule has 174 valence electrons. The maximum Gasteiger partial charge on any atom is 0.191 e. The maximum absolute atomic E-state index is 5.41. The fourth-order valence-electron chi connectivity index (χ4n) is 4.46. The Balaban J connectivity index is 1.34. The Labute approximate surface area is 190 Å². The summed E-state index contributed by atoms with van der Waals surface area (Å²) in [7, 11) is 3.37. The lowest BCUT2D eigenvalue weighted by Crippen LogP contribution is -2.44. The zero-order valence-corrected chi connectivity index (χ0v) is 19.4. The van der Waals surface area contributed by atoms with Crippen LogP contribution in [0.2, 0.25) is 0 Å². The largest absolute Gasteiger partial charge is 0.497 e. The van der Waals surface area contributed by atoms with Crippen molar-refractivity contribution in [3.05, 3.63) is 35.4 Å². The summed E-state index contributed by atoms with van der Waals surface area (Å²) in [6.07, 6.45) is 4.49. The lowest BCUT2D eigenvalue weighted by atomic mass is 10.2. The molecule has 0 radical (unpaired) electrons. The number of benzene rings is 1. The maximum atomic E-state index is 5.41. The van der Waals surface area contributed by atoms with Crippen LogP contribution >= 0.6 is 0 Å². The number of aliphatic imine (C=N–C) groups is 1. The van der Waals surface area contributed by atoms with E-state index in [1.807, 2.05) is 6.07 Å². The van der Waals surface area contributed by atoms with Crippen LogP contribution in [0.15, 0.2) is 23.2 Å². The zero-order valence-electron chi connectivity index (χ0n) is 19.4. The third kappa shape index (κ3) is 5.51. The number of aryl methyl sites for hydroxylation is 1. The molecule has 2 aliphatic rings. The van der Waals surface area contributed by atoms with Crippen molar-refractivity contribution < 1.29 is 9.47 Å². The quantitative estimate of drug-likeness (QED) is 0.478. The van der Waals surface area contributed by atoms with E-state index in [-0.39, 0.29) is 0 Å². The summed E-state index contributed by atoms with van der Waals surface area (Å²) < 4.78 is 13.0. The van der Waals surface area contributed by atoms with E-state index in [0.717, 1.165) is 74.7 Å². The van der Waals surface area contributed by atoms with Gasteiger partial charge in [-0.1, -0.05) is 0 Å². The summed E-state index contributed by atoms with van der Waals surface area (Å²) in [6, 6.07) is 6.42. The average molecular weight is 442 g/mol. The van der Waals surface area contributed by atoms with E-state index >= 15 is 0 Å². The van der Waals surface area contributed by atoms with Crippen LogP contribution in [-0.4, -0.2) is 65.5 Å². The fourth-order valence-corrected chi connectivity index (χ4v) is 4.46. The number of likely N-dealkylation sites (tertiary alicyclic amines) is 1.